The van der Waals surface area contributed by atoms with E-state index in [1.165, 1.54) is 35.6 Å². The number of anilines is 1. The standard InChI is InChI=1S/C33H42N6O2/c1-4-30(40)39-17-16-38(21-26(39)12-14-34)31-28-18-23(2)33(13-11-24-8-5-6-9-25(24)19-33)20-29(28)35-32(36-31)41-22-27-10-7-15-37(27)3/h4-6,8-9,23,26-27H,1,7,10-13,15-22H2,2-3H3. The van der Waals surface area contributed by atoms with Crippen LogP contribution in [0, 0.1) is 22.7 Å². The maximum Gasteiger partial charge on any atom is 0.318 e. The Morgan fingerprint density at radius 1 is 1.20 bits per heavy atom. The van der Waals surface area contributed by atoms with Gasteiger partial charge in [0.2, 0.25) is 5.91 Å². The van der Waals surface area contributed by atoms with E-state index >= 15 is 0 Å². The van der Waals surface area contributed by atoms with Crippen molar-refractivity contribution >= 4 is 11.7 Å². The molecule has 0 bridgehead atoms. The summed E-state index contributed by atoms with van der Waals surface area (Å²) in [5.41, 5.74) is 5.47. The number of nitriles is 1. The molecule has 1 aromatic carbocycles. The summed E-state index contributed by atoms with van der Waals surface area (Å²) in [4.78, 5) is 29.1. The molecule has 1 spiro atoms. The lowest BCUT2D eigenvalue weighted by Crippen LogP contribution is -2.55. The van der Waals surface area contributed by atoms with Crippen molar-refractivity contribution in [1.29, 1.82) is 5.26 Å². The second kappa shape index (κ2) is 11.4. The fraction of sp³-hybridized carbons (Fsp3) is 0.576. The van der Waals surface area contributed by atoms with Crippen LogP contribution in [0.25, 0.3) is 0 Å². The van der Waals surface area contributed by atoms with Crippen LogP contribution in [-0.4, -0.2) is 77.6 Å². The van der Waals surface area contributed by atoms with Gasteiger partial charge in [0, 0.05) is 31.2 Å². The molecular weight excluding hydrogens is 512 g/mol. The maximum atomic E-state index is 12.6. The fourth-order valence-electron chi connectivity index (χ4n) is 7.70. The molecule has 2 fully saturated rings. The molecule has 4 aliphatic rings. The van der Waals surface area contributed by atoms with Crippen LogP contribution in [0.1, 0.15) is 55.0 Å². The summed E-state index contributed by atoms with van der Waals surface area (Å²) in [6.07, 6.45) is 9.15. The van der Waals surface area contributed by atoms with E-state index in [1.54, 1.807) is 4.90 Å². The number of likely N-dealkylation sites (tertiary alicyclic amines) is 1. The molecule has 1 aromatic heterocycles. The highest BCUT2D eigenvalue weighted by molar-refractivity contribution is 5.87. The van der Waals surface area contributed by atoms with Gasteiger partial charge in [-0.25, -0.2) is 0 Å². The van der Waals surface area contributed by atoms with E-state index in [-0.39, 0.29) is 23.8 Å². The van der Waals surface area contributed by atoms with E-state index in [1.807, 2.05) is 0 Å². The van der Waals surface area contributed by atoms with Gasteiger partial charge in [0.15, 0.2) is 0 Å². The number of likely N-dealkylation sites (N-methyl/N-ethyl adjacent to an activating group) is 1. The van der Waals surface area contributed by atoms with Gasteiger partial charge in [-0.2, -0.15) is 15.2 Å². The van der Waals surface area contributed by atoms with Crippen LogP contribution in [0.2, 0.25) is 0 Å². The number of nitrogens with zero attached hydrogens (tertiary/aromatic N) is 6. The van der Waals surface area contributed by atoms with Crippen molar-refractivity contribution in [2.24, 2.45) is 11.3 Å². The van der Waals surface area contributed by atoms with Crippen LogP contribution in [0.15, 0.2) is 36.9 Å². The van der Waals surface area contributed by atoms with E-state index < -0.39 is 0 Å². The molecule has 2 aromatic rings. The average Bonchev–Trinajstić information content (AvgIpc) is 3.40. The summed E-state index contributed by atoms with van der Waals surface area (Å²) in [5.74, 6) is 1.30. The molecule has 2 saturated heterocycles. The van der Waals surface area contributed by atoms with Crippen LogP contribution < -0.4 is 9.64 Å². The normalized spacial score (nSPS) is 27.7. The Kier molecular flexibility index (Phi) is 7.74. The van der Waals surface area contributed by atoms with Gasteiger partial charge in [-0.3, -0.25) is 4.79 Å². The zero-order chi connectivity index (χ0) is 28.6. The second-order valence-corrected chi connectivity index (χ2v) is 12.6. The highest BCUT2D eigenvalue weighted by Crippen LogP contribution is 2.49. The van der Waals surface area contributed by atoms with Crippen molar-refractivity contribution in [3.05, 3.63) is 59.3 Å². The predicted octanol–water partition coefficient (Wildman–Crippen LogP) is 3.98. The predicted molar refractivity (Wildman–Crippen MR) is 159 cm³/mol. The Labute approximate surface area is 244 Å². The maximum absolute atomic E-state index is 12.6. The molecular formula is C33H42N6O2. The molecule has 3 heterocycles. The number of hydrogen-bond donors (Lipinski definition) is 0. The number of amides is 1. The molecule has 4 atom stereocenters. The molecule has 0 radical (unpaired) electrons. The average molecular weight is 555 g/mol. The topological polar surface area (TPSA) is 85.6 Å². The lowest BCUT2D eigenvalue weighted by molar-refractivity contribution is -0.128. The first-order valence-electron chi connectivity index (χ1n) is 15.3. The SMILES string of the molecule is C=CC(=O)N1CCN(c2nc(OCC3CCCN3C)nc3c2CC(C)C2(CCc4ccccc4C2)C3)CC1CC#N. The quantitative estimate of drug-likeness (QED) is 0.500. The van der Waals surface area contributed by atoms with Crippen molar-refractivity contribution in [3.8, 4) is 12.1 Å². The third kappa shape index (κ3) is 5.32. The van der Waals surface area contributed by atoms with Gasteiger partial charge < -0.3 is 19.4 Å². The highest BCUT2D eigenvalue weighted by Gasteiger charge is 2.45. The number of carbonyl (C=O) groups excluding carboxylic acids is 1. The molecule has 8 nitrogen and oxygen atoms in total. The lowest BCUT2D eigenvalue weighted by Gasteiger charge is -2.47. The van der Waals surface area contributed by atoms with Crippen molar-refractivity contribution in [3.63, 3.8) is 0 Å². The number of ether oxygens (including phenoxy) is 1. The molecule has 0 N–H and O–H groups in total. The molecule has 41 heavy (non-hydrogen) atoms. The van der Waals surface area contributed by atoms with Crippen LogP contribution in [0.5, 0.6) is 6.01 Å². The van der Waals surface area contributed by atoms with Gasteiger partial charge in [-0.15, -0.1) is 0 Å². The Balaban J connectivity index is 1.33. The smallest absolute Gasteiger partial charge is 0.318 e. The van der Waals surface area contributed by atoms with Crippen molar-refractivity contribution in [1.82, 2.24) is 19.8 Å². The Morgan fingerprint density at radius 2 is 2.02 bits per heavy atom. The van der Waals surface area contributed by atoms with E-state index in [0.29, 0.717) is 44.2 Å². The zero-order valence-electron chi connectivity index (χ0n) is 24.5. The molecule has 1 amide bonds. The van der Waals surface area contributed by atoms with E-state index in [2.05, 4.69) is 60.7 Å². The Bertz CT molecular complexity index is 1350. The van der Waals surface area contributed by atoms with Gasteiger partial charge in [0.1, 0.15) is 12.4 Å². The minimum Gasteiger partial charge on any atom is -0.462 e. The van der Waals surface area contributed by atoms with Crippen LogP contribution in [0.4, 0.5) is 5.82 Å². The second-order valence-electron chi connectivity index (χ2n) is 12.6. The number of aryl methyl sites for hydroxylation is 1. The van der Waals surface area contributed by atoms with Crippen molar-refractivity contribution in [2.75, 3.05) is 44.7 Å². The lowest BCUT2D eigenvalue weighted by atomic mass is 9.58. The monoisotopic (exact) mass is 554 g/mol. The first-order chi connectivity index (χ1) is 19.9. The molecule has 0 saturated carbocycles. The molecule has 8 heteroatoms. The summed E-state index contributed by atoms with van der Waals surface area (Å²) in [5, 5.41) is 9.54. The summed E-state index contributed by atoms with van der Waals surface area (Å²) >= 11 is 0. The zero-order valence-corrected chi connectivity index (χ0v) is 24.5. The Morgan fingerprint density at radius 3 is 2.78 bits per heavy atom. The third-order valence-corrected chi connectivity index (χ3v) is 10.3. The van der Waals surface area contributed by atoms with Gasteiger partial charge in [-0.05, 0) is 87.1 Å². The van der Waals surface area contributed by atoms with Crippen molar-refractivity contribution < 1.29 is 9.53 Å². The molecule has 6 rings (SSSR count). The minimum atomic E-state index is -0.205. The van der Waals surface area contributed by atoms with Crippen molar-refractivity contribution in [2.45, 2.75) is 70.4 Å². The minimum absolute atomic E-state index is 0.118. The number of hydrogen-bond acceptors (Lipinski definition) is 7. The molecule has 4 unspecified atom stereocenters. The van der Waals surface area contributed by atoms with Crippen LogP contribution >= 0.6 is 0 Å². The van der Waals surface area contributed by atoms with Gasteiger partial charge in [0.05, 0.1) is 24.2 Å². The summed E-state index contributed by atoms with van der Waals surface area (Å²) in [6, 6.07) is 11.8. The Hall–Kier alpha value is -3.44. The number of carbonyl (C=O) groups is 1. The van der Waals surface area contributed by atoms with Gasteiger partial charge in [0.25, 0.3) is 0 Å². The number of aromatic nitrogens is 2. The number of piperazine rings is 1. The van der Waals surface area contributed by atoms with E-state index in [4.69, 9.17) is 14.7 Å². The number of benzene rings is 1. The number of rotatable bonds is 6. The fourth-order valence-corrected chi connectivity index (χ4v) is 7.70. The summed E-state index contributed by atoms with van der Waals surface area (Å²) in [6.45, 7) is 9.51. The van der Waals surface area contributed by atoms with Crippen LogP contribution in [0.3, 0.4) is 0 Å². The third-order valence-electron chi connectivity index (χ3n) is 10.3. The number of fused-ring (bicyclic) bond motifs is 2. The molecule has 216 valence electrons. The van der Waals surface area contributed by atoms with Crippen LogP contribution in [-0.2, 0) is 30.5 Å². The summed E-state index contributed by atoms with van der Waals surface area (Å²) < 4.78 is 6.35. The highest BCUT2D eigenvalue weighted by atomic mass is 16.5. The molecule has 2 aliphatic carbocycles. The van der Waals surface area contributed by atoms with E-state index in [0.717, 1.165) is 50.2 Å². The van der Waals surface area contributed by atoms with Gasteiger partial charge >= 0.3 is 6.01 Å². The van der Waals surface area contributed by atoms with E-state index in [9.17, 15) is 10.1 Å². The molecule has 2 aliphatic heterocycles. The van der Waals surface area contributed by atoms with Gasteiger partial charge in [-0.1, -0.05) is 37.8 Å². The first-order valence-corrected chi connectivity index (χ1v) is 15.3. The first kappa shape index (κ1) is 27.7. The summed E-state index contributed by atoms with van der Waals surface area (Å²) in [7, 11) is 2.16. The largest absolute Gasteiger partial charge is 0.462 e.